The molecule has 3 saturated heterocycles. The number of hydrogen-bond acceptors (Lipinski definition) is 6. The lowest BCUT2D eigenvalue weighted by Gasteiger charge is -2.30. The summed E-state index contributed by atoms with van der Waals surface area (Å²) >= 11 is 6.27. The van der Waals surface area contributed by atoms with E-state index in [0.29, 0.717) is 22.9 Å². The van der Waals surface area contributed by atoms with Crippen molar-refractivity contribution in [2.75, 3.05) is 18.5 Å². The van der Waals surface area contributed by atoms with E-state index < -0.39 is 41.3 Å². The van der Waals surface area contributed by atoms with Gasteiger partial charge in [-0.2, -0.15) is 0 Å². The van der Waals surface area contributed by atoms with E-state index in [1.165, 1.54) is 4.90 Å². The van der Waals surface area contributed by atoms with Gasteiger partial charge in [-0.25, -0.2) is 0 Å². The Morgan fingerprint density at radius 2 is 2.14 bits per heavy atom. The minimum absolute atomic E-state index is 0.178. The Hall–Kier alpha value is -2.00. The molecule has 8 nitrogen and oxygen atoms in total. The first-order valence-electron chi connectivity index (χ1n) is 9.89. The van der Waals surface area contributed by atoms with Crippen LogP contribution in [-0.4, -0.2) is 59.1 Å². The Labute approximate surface area is 172 Å². The summed E-state index contributed by atoms with van der Waals surface area (Å²) < 4.78 is 5.61. The molecule has 4 aliphatic rings. The van der Waals surface area contributed by atoms with Crippen LogP contribution in [0.15, 0.2) is 18.2 Å². The number of imide groups is 1. The van der Waals surface area contributed by atoms with Gasteiger partial charge >= 0.3 is 0 Å². The maximum atomic E-state index is 13.5. The lowest BCUT2D eigenvalue weighted by molar-refractivity contribution is -0.144. The largest absolute Gasteiger partial charge is 0.392 e. The van der Waals surface area contributed by atoms with E-state index in [9.17, 15) is 19.5 Å². The summed E-state index contributed by atoms with van der Waals surface area (Å²) in [6.07, 6.45) is 0.561. The molecule has 1 spiro atoms. The molecule has 0 aliphatic carbocycles. The number of nitrogens with one attached hydrogen (secondary N) is 2. The minimum atomic E-state index is -1.44. The third kappa shape index (κ3) is 2.46. The lowest BCUT2D eigenvalue weighted by Crippen LogP contribution is -2.55. The summed E-state index contributed by atoms with van der Waals surface area (Å²) in [7, 11) is 0. The molecule has 4 aliphatic heterocycles. The maximum absolute atomic E-state index is 13.5. The second kappa shape index (κ2) is 6.50. The Morgan fingerprint density at radius 1 is 1.34 bits per heavy atom. The van der Waals surface area contributed by atoms with Crippen molar-refractivity contribution in [2.45, 2.75) is 43.6 Å². The molecule has 1 aromatic carbocycles. The quantitative estimate of drug-likeness (QED) is 0.620. The standard InChI is InChI=1S/C20H22ClN3O5/c1-9(25)15-13-14(18(27)24(17(13)26)8-10-4-3-7-29-10)20(23-15)11-5-2-6-12(21)16(11)22-19(20)28/h2,5-6,9-10,13-15,23,25H,3-4,7-8H2,1H3,(H,22,28)/t9-,10+,13+,14+,15-,20+/m0/s1. The number of fused-ring (bicyclic) bond motifs is 4. The Morgan fingerprint density at radius 3 is 2.83 bits per heavy atom. The highest BCUT2D eigenvalue weighted by molar-refractivity contribution is 6.35. The van der Waals surface area contributed by atoms with Crippen LogP contribution >= 0.6 is 11.6 Å². The normalized spacial score (nSPS) is 36.7. The Balaban J connectivity index is 1.61. The number of para-hydroxylation sites is 1. The van der Waals surface area contributed by atoms with Gasteiger partial charge in [-0.15, -0.1) is 0 Å². The first-order valence-corrected chi connectivity index (χ1v) is 10.3. The summed E-state index contributed by atoms with van der Waals surface area (Å²) in [6.45, 7) is 2.35. The van der Waals surface area contributed by atoms with E-state index in [0.717, 1.165) is 12.8 Å². The number of ether oxygens (including phenoxy) is 1. The van der Waals surface area contributed by atoms with Crippen LogP contribution in [0.3, 0.4) is 0 Å². The summed E-state index contributed by atoms with van der Waals surface area (Å²) in [5.74, 6) is -2.99. The first-order chi connectivity index (χ1) is 13.9. The predicted octanol–water partition coefficient (Wildman–Crippen LogP) is 0.620. The summed E-state index contributed by atoms with van der Waals surface area (Å²) in [4.78, 5) is 41.2. The van der Waals surface area contributed by atoms with Crippen molar-refractivity contribution in [3.63, 3.8) is 0 Å². The topological polar surface area (TPSA) is 108 Å². The number of benzene rings is 1. The van der Waals surface area contributed by atoms with Crippen molar-refractivity contribution >= 4 is 35.0 Å². The molecule has 0 unspecified atom stereocenters. The SMILES string of the molecule is C[C@H](O)[C@@H]1N[C@@]2(C(=O)Nc3c(Cl)cccc32)[C@H]2C(=O)N(C[C@H]3CCCO3)C(=O)[C@@H]12. The Kier molecular flexibility index (Phi) is 4.26. The van der Waals surface area contributed by atoms with Gasteiger partial charge in [0.25, 0.3) is 0 Å². The van der Waals surface area contributed by atoms with Crippen LogP contribution in [0, 0.1) is 11.8 Å². The smallest absolute Gasteiger partial charge is 0.250 e. The fraction of sp³-hybridized carbons (Fsp3) is 0.550. The number of aliphatic hydroxyl groups is 1. The molecule has 3 N–H and O–H groups in total. The highest BCUT2D eigenvalue weighted by Gasteiger charge is 2.71. The van der Waals surface area contributed by atoms with Gasteiger partial charge in [0.05, 0.1) is 41.3 Å². The van der Waals surface area contributed by atoms with Crippen molar-refractivity contribution in [2.24, 2.45) is 11.8 Å². The number of amides is 3. The molecule has 9 heteroatoms. The number of aliphatic hydroxyl groups excluding tert-OH is 1. The molecular formula is C20H22ClN3O5. The minimum Gasteiger partial charge on any atom is -0.392 e. The van der Waals surface area contributed by atoms with Crippen molar-refractivity contribution in [1.29, 1.82) is 0 Å². The maximum Gasteiger partial charge on any atom is 0.250 e. The number of carbonyl (C=O) groups is 3. The van der Waals surface area contributed by atoms with Crippen LogP contribution in [0.25, 0.3) is 0 Å². The third-order valence-corrected chi connectivity index (χ3v) is 6.97. The van der Waals surface area contributed by atoms with Crippen molar-refractivity contribution in [3.05, 3.63) is 28.8 Å². The van der Waals surface area contributed by atoms with Crippen molar-refractivity contribution < 1.29 is 24.2 Å². The van der Waals surface area contributed by atoms with Crippen molar-refractivity contribution in [1.82, 2.24) is 10.2 Å². The van der Waals surface area contributed by atoms with E-state index in [2.05, 4.69) is 10.6 Å². The van der Waals surface area contributed by atoms with E-state index in [4.69, 9.17) is 16.3 Å². The molecule has 3 amide bonds. The molecule has 3 fully saturated rings. The van der Waals surface area contributed by atoms with Gasteiger partial charge in [0.2, 0.25) is 17.7 Å². The fourth-order valence-corrected chi connectivity index (χ4v) is 5.59. The fourth-order valence-electron chi connectivity index (χ4n) is 5.37. The van der Waals surface area contributed by atoms with E-state index in [1.54, 1.807) is 25.1 Å². The van der Waals surface area contributed by atoms with Crippen LogP contribution in [-0.2, 0) is 24.7 Å². The molecule has 0 bridgehead atoms. The van der Waals surface area contributed by atoms with Gasteiger partial charge in [0.15, 0.2) is 0 Å². The number of rotatable bonds is 3. The molecule has 1 aromatic rings. The van der Waals surface area contributed by atoms with Gasteiger partial charge in [-0.05, 0) is 25.8 Å². The van der Waals surface area contributed by atoms with Gasteiger partial charge in [0.1, 0.15) is 5.54 Å². The van der Waals surface area contributed by atoms with Crippen LogP contribution in [0.4, 0.5) is 5.69 Å². The monoisotopic (exact) mass is 419 g/mol. The molecule has 29 heavy (non-hydrogen) atoms. The van der Waals surface area contributed by atoms with E-state index in [-0.39, 0.29) is 18.6 Å². The molecule has 0 radical (unpaired) electrons. The zero-order chi connectivity index (χ0) is 20.5. The van der Waals surface area contributed by atoms with Crippen LogP contribution in [0.2, 0.25) is 5.02 Å². The molecule has 6 atom stereocenters. The number of carbonyl (C=O) groups excluding carboxylic acids is 3. The Bertz CT molecular complexity index is 915. The van der Waals surface area contributed by atoms with Gasteiger partial charge < -0.3 is 15.2 Å². The second-order valence-electron chi connectivity index (χ2n) is 8.26. The van der Waals surface area contributed by atoms with Crippen molar-refractivity contribution in [3.8, 4) is 0 Å². The van der Waals surface area contributed by atoms with Crippen LogP contribution < -0.4 is 10.6 Å². The zero-order valence-electron chi connectivity index (χ0n) is 15.9. The van der Waals surface area contributed by atoms with E-state index in [1.807, 2.05) is 0 Å². The van der Waals surface area contributed by atoms with Gasteiger partial charge in [-0.1, -0.05) is 23.7 Å². The van der Waals surface area contributed by atoms with E-state index >= 15 is 0 Å². The molecule has 154 valence electrons. The lowest BCUT2D eigenvalue weighted by atomic mass is 9.76. The highest BCUT2D eigenvalue weighted by Crippen LogP contribution is 2.54. The number of likely N-dealkylation sites (tertiary alicyclic amines) is 1. The number of anilines is 1. The molecule has 0 saturated carbocycles. The first kappa shape index (κ1) is 19.0. The van der Waals surface area contributed by atoms with Crippen LogP contribution in [0.5, 0.6) is 0 Å². The molecule has 0 aromatic heterocycles. The molecule has 4 heterocycles. The highest BCUT2D eigenvalue weighted by atomic mass is 35.5. The number of hydrogen-bond donors (Lipinski definition) is 3. The number of halogens is 1. The van der Waals surface area contributed by atoms with Gasteiger partial charge in [-0.3, -0.25) is 24.6 Å². The molecule has 5 rings (SSSR count). The van der Waals surface area contributed by atoms with Crippen LogP contribution in [0.1, 0.15) is 25.3 Å². The third-order valence-electron chi connectivity index (χ3n) is 6.66. The summed E-state index contributed by atoms with van der Waals surface area (Å²) in [6, 6.07) is 4.36. The summed E-state index contributed by atoms with van der Waals surface area (Å²) in [5.41, 5.74) is -0.465. The average Bonchev–Trinajstić information content (AvgIpc) is 3.42. The molecular weight excluding hydrogens is 398 g/mol. The zero-order valence-corrected chi connectivity index (χ0v) is 16.6. The average molecular weight is 420 g/mol. The predicted molar refractivity (Wildman–Crippen MR) is 103 cm³/mol. The number of nitrogens with zero attached hydrogens (tertiary/aromatic N) is 1. The summed E-state index contributed by atoms with van der Waals surface area (Å²) in [5, 5.41) is 16.7. The second-order valence-corrected chi connectivity index (χ2v) is 8.67. The van der Waals surface area contributed by atoms with Gasteiger partial charge in [0, 0.05) is 18.2 Å².